The van der Waals surface area contributed by atoms with Gasteiger partial charge in [0.25, 0.3) is 5.91 Å². The summed E-state index contributed by atoms with van der Waals surface area (Å²) >= 11 is 0. The molecule has 0 aliphatic rings. The third kappa shape index (κ3) is 4.79. The number of rotatable bonds is 6. The normalized spacial score (nSPS) is 11.6. The van der Waals surface area contributed by atoms with Crippen molar-refractivity contribution in [1.29, 1.82) is 0 Å². The first-order chi connectivity index (χ1) is 13.0. The summed E-state index contributed by atoms with van der Waals surface area (Å²) in [6, 6.07) is 21.8. The highest BCUT2D eigenvalue weighted by atomic mass is 19.1. The summed E-state index contributed by atoms with van der Waals surface area (Å²) in [4.78, 5) is 24.2. The molecule has 0 heterocycles. The van der Waals surface area contributed by atoms with Gasteiger partial charge in [-0.3, -0.25) is 9.59 Å². The van der Waals surface area contributed by atoms with Gasteiger partial charge in [-0.15, -0.1) is 0 Å². The molecule has 0 spiro atoms. The fraction of sp³-hybridized carbons (Fsp3) is 0.0909. The molecule has 0 saturated carbocycles. The third-order valence-corrected chi connectivity index (χ3v) is 4.23. The van der Waals surface area contributed by atoms with Crippen molar-refractivity contribution in [3.63, 3.8) is 0 Å². The fourth-order valence-corrected chi connectivity index (χ4v) is 2.81. The quantitative estimate of drug-likeness (QED) is 0.706. The Morgan fingerprint density at radius 2 is 1.56 bits per heavy atom. The minimum Gasteiger partial charge on any atom is -0.368 e. The van der Waals surface area contributed by atoms with E-state index in [0.717, 1.165) is 11.1 Å². The first-order valence-corrected chi connectivity index (χ1v) is 8.53. The Morgan fingerprint density at radius 1 is 0.889 bits per heavy atom. The first-order valence-electron chi connectivity index (χ1n) is 8.53. The third-order valence-electron chi connectivity index (χ3n) is 4.23. The largest absolute Gasteiger partial charge is 0.368 e. The molecule has 0 fully saturated rings. The Bertz CT molecular complexity index is 940. The Morgan fingerprint density at radius 3 is 2.19 bits per heavy atom. The molecule has 0 aliphatic heterocycles. The Labute approximate surface area is 156 Å². The molecule has 0 radical (unpaired) electrons. The van der Waals surface area contributed by atoms with Gasteiger partial charge >= 0.3 is 0 Å². The van der Waals surface area contributed by atoms with Crippen LogP contribution in [0.1, 0.15) is 15.9 Å². The lowest BCUT2D eigenvalue weighted by Gasteiger charge is -2.16. The SMILES string of the molecule is NC(=O)[C@H](Cc1cccc(F)c1)NC(=O)c1ccc(-c2ccccc2)cc1. The Kier molecular flexibility index (Phi) is 5.61. The number of amides is 2. The smallest absolute Gasteiger partial charge is 0.251 e. The van der Waals surface area contributed by atoms with Crippen LogP contribution in [0.4, 0.5) is 4.39 Å². The topological polar surface area (TPSA) is 72.2 Å². The van der Waals surface area contributed by atoms with Gasteiger partial charge in [0.1, 0.15) is 11.9 Å². The zero-order valence-corrected chi connectivity index (χ0v) is 14.6. The van der Waals surface area contributed by atoms with Gasteiger partial charge in [0.05, 0.1) is 0 Å². The fourth-order valence-electron chi connectivity index (χ4n) is 2.81. The van der Waals surface area contributed by atoms with Crippen molar-refractivity contribution in [2.24, 2.45) is 5.73 Å². The molecule has 5 heteroatoms. The first kappa shape index (κ1) is 18.3. The summed E-state index contributed by atoms with van der Waals surface area (Å²) in [6.45, 7) is 0. The molecule has 1 atom stereocenters. The lowest BCUT2D eigenvalue weighted by molar-refractivity contribution is -0.119. The number of nitrogens with two attached hydrogens (primary N) is 1. The monoisotopic (exact) mass is 362 g/mol. The summed E-state index contributed by atoms with van der Waals surface area (Å²) < 4.78 is 13.3. The van der Waals surface area contributed by atoms with Crippen LogP contribution in [0.2, 0.25) is 0 Å². The number of benzene rings is 3. The van der Waals surface area contributed by atoms with E-state index in [0.29, 0.717) is 11.1 Å². The van der Waals surface area contributed by atoms with Gasteiger partial charge in [0, 0.05) is 12.0 Å². The van der Waals surface area contributed by atoms with Crippen LogP contribution in [0.25, 0.3) is 11.1 Å². The molecule has 3 aromatic carbocycles. The highest BCUT2D eigenvalue weighted by Crippen LogP contribution is 2.19. The van der Waals surface area contributed by atoms with Crippen LogP contribution in [0.3, 0.4) is 0 Å². The highest BCUT2D eigenvalue weighted by Gasteiger charge is 2.19. The van der Waals surface area contributed by atoms with Crippen LogP contribution in [0.5, 0.6) is 0 Å². The van der Waals surface area contributed by atoms with Crippen LogP contribution >= 0.6 is 0 Å². The van der Waals surface area contributed by atoms with Crippen molar-refractivity contribution in [3.05, 3.63) is 95.8 Å². The molecular formula is C22H19FN2O2. The van der Waals surface area contributed by atoms with Gasteiger partial charge in [-0.2, -0.15) is 0 Å². The minimum absolute atomic E-state index is 0.126. The van der Waals surface area contributed by atoms with Crippen LogP contribution in [-0.2, 0) is 11.2 Å². The lowest BCUT2D eigenvalue weighted by Crippen LogP contribution is -2.45. The molecule has 3 aromatic rings. The maximum absolute atomic E-state index is 13.3. The zero-order valence-electron chi connectivity index (χ0n) is 14.6. The van der Waals surface area contributed by atoms with Crippen molar-refractivity contribution in [2.45, 2.75) is 12.5 Å². The molecular weight excluding hydrogens is 343 g/mol. The van der Waals surface area contributed by atoms with E-state index in [1.54, 1.807) is 24.3 Å². The van der Waals surface area contributed by atoms with Crippen molar-refractivity contribution < 1.29 is 14.0 Å². The predicted molar refractivity (Wildman–Crippen MR) is 102 cm³/mol. The van der Waals surface area contributed by atoms with Gasteiger partial charge in [0.15, 0.2) is 0 Å². The average Bonchev–Trinajstić information content (AvgIpc) is 2.68. The number of hydrogen-bond acceptors (Lipinski definition) is 2. The second kappa shape index (κ2) is 8.27. The second-order valence-electron chi connectivity index (χ2n) is 6.21. The molecule has 3 N–H and O–H groups in total. The predicted octanol–water partition coefficient (Wildman–Crippen LogP) is 3.32. The maximum atomic E-state index is 13.3. The number of halogens is 1. The van der Waals surface area contributed by atoms with Crippen molar-refractivity contribution in [3.8, 4) is 11.1 Å². The molecule has 3 rings (SSSR count). The van der Waals surface area contributed by atoms with E-state index < -0.39 is 23.7 Å². The minimum atomic E-state index is -0.923. The van der Waals surface area contributed by atoms with Gasteiger partial charge in [0.2, 0.25) is 5.91 Å². The number of carbonyl (C=O) groups excluding carboxylic acids is 2. The van der Waals surface area contributed by atoms with E-state index in [1.165, 1.54) is 12.1 Å². The van der Waals surface area contributed by atoms with Crippen molar-refractivity contribution in [2.75, 3.05) is 0 Å². The van der Waals surface area contributed by atoms with Gasteiger partial charge < -0.3 is 11.1 Å². The summed E-state index contributed by atoms with van der Waals surface area (Å²) in [5.41, 5.74) is 8.43. The number of carbonyl (C=O) groups is 2. The van der Waals surface area contributed by atoms with Crippen LogP contribution < -0.4 is 11.1 Å². The van der Waals surface area contributed by atoms with Gasteiger partial charge in [-0.05, 0) is 41.0 Å². The molecule has 27 heavy (non-hydrogen) atoms. The molecule has 0 unspecified atom stereocenters. The highest BCUT2D eigenvalue weighted by molar-refractivity contribution is 5.97. The molecule has 136 valence electrons. The number of primary amides is 1. The Hall–Kier alpha value is -3.47. The molecule has 0 aliphatic carbocycles. The van der Waals surface area contributed by atoms with Gasteiger partial charge in [-0.1, -0.05) is 54.6 Å². The molecule has 0 bridgehead atoms. The van der Waals surface area contributed by atoms with E-state index in [-0.39, 0.29) is 6.42 Å². The standard InChI is InChI=1S/C22H19FN2O2/c23-19-8-4-5-15(13-19)14-20(21(24)26)25-22(27)18-11-9-17(10-12-18)16-6-2-1-3-7-16/h1-13,20H,14H2,(H2,24,26)(H,25,27)/t20-/m0/s1. The van der Waals surface area contributed by atoms with Gasteiger partial charge in [-0.25, -0.2) is 4.39 Å². The van der Waals surface area contributed by atoms with E-state index in [4.69, 9.17) is 5.73 Å². The second-order valence-corrected chi connectivity index (χ2v) is 6.21. The molecule has 0 aromatic heterocycles. The van der Waals surface area contributed by atoms with E-state index >= 15 is 0 Å². The van der Waals surface area contributed by atoms with E-state index in [9.17, 15) is 14.0 Å². The summed E-state index contributed by atoms with van der Waals surface area (Å²) in [5.74, 6) is -1.48. The zero-order chi connectivity index (χ0) is 19.2. The summed E-state index contributed by atoms with van der Waals surface area (Å²) in [5, 5.41) is 2.62. The number of hydrogen-bond donors (Lipinski definition) is 2. The van der Waals surface area contributed by atoms with Crippen molar-refractivity contribution >= 4 is 11.8 Å². The van der Waals surface area contributed by atoms with E-state index in [2.05, 4.69) is 5.32 Å². The maximum Gasteiger partial charge on any atom is 0.251 e. The van der Waals surface area contributed by atoms with Crippen molar-refractivity contribution in [1.82, 2.24) is 5.32 Å². The molecule has 2 amide bonds. The molecule has 4 nitrogen and oxygen atoms in total. The van der Waals surface area contributed by atoms with Crippen LogP contribution in [0, 0.1) is 5.82 Å². The number of nitrogens with one attached hydrogen (secondary N) is 1. The summed E-state index contributed by atoms with van der Waals surface area (Å²) in [6.07, 6.45) is 0.126. The summed E-state index contributed by atoms with van der Waals surface area (Å²) in [7, 11) is 0. The van der Waals surface area contributed by atoms with E-state index in [1.807, 2.05) is 42.5 Å². The van der Waals surface area contributed by atoms with Crippen LogP contribution in [-0.4, -0.2) is 17.9 Å². The lowest BCUT2D eigenvalue weighted by atomic mass is 10.0. The molecule has 0 saturated heterocycles. The Balaban J connectivity index is 1.71. The van der Waals surface area contributed by atoms with Crippen LogP contribution in [0.15, 0.2) is 78.9 Å². The average molecular weight is 362 g/mol.